The Labute approximate surface area is 497 Å². The number of thiazole rings is 1. The third-order valence-electron chi connectivity index (χ3n) is 14.5. The number of β-amino-alcohol motifs (C(OH)–C–C–N with tert-alkyl or cyclic N) is 1. The van der Waals surface area contributed by atoms with Crippen LogP contribution in [0.5, 0.6) is 5.75 Å². The molecule has 21 nitrogen and oxygen atoms in total. The Hall–Kier alpha value is -7.25. The van der Waals surface area contributed by atoms with E-state index in [1.807, 2.05) is 138 Å². The molecular formula is C61H75N9O12S2. The number of aryl methyl sites for hydroxylation is 4. The number of aliphatic carboxylic acids is 1. The van der Waals surface area contributed by atoms with Gasteiger partial charge in [0.2, 0.25) is 23.6 Å². The lowest BCUT2D eigenvalue weighted by atomic mass is 9.85. The number of hydrogen-bond acceptors (Lipinski definition) is 17. The number of fused-ring (bicyclic) bond motifs is 3. The van der Waals surface area contributed by atoms with Crippen molar-refractivity contribution in [1.29, 1.82) is 0 Å². The van der Waals surface area contributed by atoms with E-state index in [2.05, 4.69) is 31.1 Å². The van der Waals surface area contributed by atoms with E-state index in [1.54, 1.807) is 22.7 Å². The molecule has 3 aromatic heterocycles. The van der Waals surface area contributed by atoms with Crippen molar-refractivity contribution in [2.75, 3.05) is 71.3 Å². The Kier molecular flexibility index (Phi) is 21.7. The average Bonchev–Trinajstić information content (AvgIpc) is 2.42. The summed E-state index contributed by atoms with van der Waals surface area (Å²) in [4.78, 5) is 78.5. The van der Waals surface area contributed by atoms with Crippen LogP contribution in [0.15, 0.2) is 83.3 Å². The number of aliphatic imine (C=N–C) groups is 1. The molecule has 2 aliphatic heterocycles. The van der Waals surface area contributed by atoms with Crippen LogP contribution in [0.4, 0.5) is 5.69 Å². The summed E-state index contributed by atoms with van der Waals surface area (Å²) in [5.74, 6) is -0.619. The highest BCUT2D eigenvalue weighted by atomic mass is 32.1. The normalized spacial score (nSPS) is 16.5. The van der Waals surface area contributed by atoms with Crippen LogP contribution in [-0.4, -0.2) is 154 Å². The molecule has 448 valence electrons. The van der Waals surface area contributed by atoms with E-state index in [1.165, 1.54) is 4.90 Å². The lowest BCUT2D eigenvalue weighted by Crippen LogP contribution is -2.58. The van der Waals surface area contributed by atoms with Crippen LogP contribution in [0.2, 0.25) is 0 Å². The summed E-state index contributed by atoms with van der Waals surface area (Å²) in [6.07, 6.45) is -0.240. The highest BCUT2D eigenvalue weighted by Gasteiger charge is 2.45. The van der Waals surface area contributed by atoms with E-state index in [9.17, 15) is 34.2 Å². The molecule has 0 spiro atoms. The molecule has 5 atom stereocenters. The topological polar surface area (TPSA) is 267 Å². The minimum Gasteiger partial charge on any atom is -0.491 e. The van der Waals surface area contributed by atoms with Crippen LogP contribution in [-0.2, 0) is 49.3 Å². The minimum absolute atomic E-state index is 0.0325. The second kappa shape index (κ2) is 29.0. The van der Waals surface area contributed by atoms with Crippen LogP contribution in [0, 0.1) is 33.1 Å². The van der Waals surface area contributed by atoms with Gasteiger partial charge in [-0.05, 0) is 93.0 Å². The largest absolute Gasteiger partial charge is 0.491 e. The number of aliphatic hydroxyl groups is 1. The summed E-state index contributed by atoms with van der Waals surface area (Å²) in [7, 11) is 0. The van der Waals surface area contributed by atoms with E-state index in [0.717, 1.165) is 53.8 Å². The first-order valence-electron chi connectivity index (χ1n) is 28.1. The number of hydrogen-bond donors (Lipinski definition) is 5. The average molecular weight is 1190 g/mol. The molecule has 0 bridgehead atoms. The van der Waals surface area contributed by atoms with Gasteiger partial charge in [-0.2, -0.15) is 0 Å². The number of nitrogens with zero attached hydrogens (tertiary/aromatic N) is 6. The van der Waals surface area contributed by atoms with Crippen LogP contribution >= 0.6 is 22.7 Å². The number of rotatable bonds is 28. The Bertz CT molecular complexity index is 3260. The second-order valence-corrected chi connectivity index (χ2v) is 23.9. The van der Waals surface area contributed by atoms with Gasteiger partial charge in [-0.1, -0.05) is 69.3 Å². The summed E-state index contributed by atoms with van der Waals surface area (Å²) >= 11 is 3.17. The number of likely N-dealkylation sites (tertiary alicyclic amines) is 1. The van der Waals surface area contributed by atoms with Gasteiger partial charge in [0.05, 0.1) is 86.6 Å². The quantitative estimate of drug-likeness (QED) is 0.0299. The fraction of sp³-hybridized carbons (Fsp3) is 0.459. The molecule has 0 radical (unpaired) electrons. The van der Waals surface area contributed by atoms with Crippen molar-refractivity contribution in [3.63, 3.8) is 0 Å². The number of carboxylic acids is 1. The van der Waals surface area contributed by atoms with Crippen LogP contribution < -0.4 is 20.7 Å². The molecule has 2 aliphatic rings. The van der Waals surface area contributed by atoms with Crippen molar-refractivity contribution >= 4 is 63.7 Å². The van der Waals surface area contributed by atoms with Crippen molar-refractivity contribution in [3.8, 4) is 21.2 Å². The zero-order valence-electron chi connectivity index (χ0n) is 48.8. The summed E-state index contributed by atoms with van der Waals surface area (Å²) in [5.41, 5.74) is 9.04. The Morgan fingerprint density at radius 1 is 0.786 bits per heavy atom. The first kappa shape index (κ1) is 62.8. The van der Waals surface area contributed by atoms with E-state index in [-0.39, 0.29) is 63.5 Å². The predicted molar refractivity (Wildman–Crippen MR) is 319 cm³/mol. The maximum absolute atomic E-state index is 14.0. The van der Waals surface area contributed by atoms with Gasteiger partial charge in [0.1, 0.15) is 47.9 Å². The molecule has 3 aromatic carbocycles. The van der Waals surface area contributed by atoms with Gasteiger partial charge >= 0.3 is 5.97 Å². The summed E-state index contributed by atoms with van der Waals surface area (Å²) < 4.78 is 30.1. The molecule has 0 aliphatic carbocycles. The number of amides is 4. The first-order chi connectivity index (χ1) is 40.2. The highest BCUT2D eigenvalue weighted by molar-refractivity contribution is 7.15. The molecule has 23 heteroatoms. The van der Waals surface area contributed by atoms with Gasteiger partial charge < -0.3 is 54.7 Å². The number of nitrogens with one attached hydrogen (secondary N) is 3. The number of carbonyl (C=O) groups is 5. The van der Waals surface area contributed by atoms with E-state index >= 15 is 0 Å². The van der Waals surface area contributed by atoms with Gasteiger partial charge in [-0.3, -0.25) is 33.5 Å². The highest BCUT2D eigenvalue weighted by Crippen LogP contribution is 2.40. The van der Waals surface area contributed by atoms with E-state index in [0.29, 0.717) is 74.9 Å². The van der Waals surface area contributed by atoms with Gasteiger partial charge in [0.15, 0.2) is 5.82 Å². The van der Waals surface area contributed by atoms with Crippen LogP contribution in [0.25, 0.3) is 15.4 Å². The van der Waals surface area contributed by atoms with Crippen molar-refractivity contribution in [2.45, 2.75) is 111 Å². The minimum atomic E-state index is -0.985. The molecule has 0 saturated carbocycles. The van der Waals surface area contributed by atoms with Gasteiger partial charge in [-0.15, -0.1) is 32.9 Å². The molecule has 6 aromatic rings. The van der Waals surface area contributed by atoms with Crippen molar-refractivity contribution < 1.29 is 57.9 Å². The summed E-state index contributed by atoms with van der Waals surface area (Å²) in [6.45, 7) is 17.3. The number of anilines is 1. The zero-order chi connectivity index (χ0) is 60.1. The van der Waals surface area contributed by atoms with E-state index < -0.39 is 47.4 Å². The summed E-state index contributed by atoms with van der Waals surface area (Å²) in [5, 5.41) is 38.7. The molecule has 8 rings (SSSR count). The van der Waals surface area contributed by atoms with Crippen molar-refractivity contribution in [3.05, 3.63) is 128 Å². The fourth-order valence-electron chi connectivity index (χ4n) is 9.90. The van der Waals surface area contributed by atoms with E-state index in [4.69, 9.17) is 28.7 Å². The maximum Gasteiger partial charge on any atom is 0.306 e. The zero-order valence-corrected chi connectivity index (χ0v) is 50.4. The maximum atomic E-state index is 14.0. The fourth-order valence-corrected chi connectivity index (χ4v) is 11.9. The number of aromatic nitrogens is 4. The van der Waals surface area contributed by atoms with Crippen molar-refractivity contribution in [2.24, 2.45) is 10.4 Å². The Morgan fingerprint density at radius 3 is 2.06 bits per heavy atom. The van der Waals surface area contributed by atoms with Gasteiger partial charge in [0, 0.05) is 41.1 Å². The number of carboxylic acid groups (broad SMARTS) is 1. The van der Waals surface area contributed by atoms with Crippen LogP contribution in [0.1, 0.15) is 109 Å². The number of aliphatic hydroxyl groups excluding tert-OH is 1. The SMILES string of the molecule is Cc1ncsc1-c1ccc([C@H](C)NC(=O)[C@@H]2C[C@@H](O)CN2C(=O)[C@@H](NC(=O)COCCOCCOCCOCCOc2ccc(CCC(=O)Nc3ccc(C4=N[C@@H](CC(=O)O)c5nnc(C)n5-c5sc(C)c(C)c54)cc3)cc2)C(C)(C)C)cc1. The Balaban J connectivity index is 0.657. The second-order valence-electron chi connectivity index (χ2n) is 21.9. The molecule has 1 fully saturated rings. The van der Waals surface area contributed by atoms with Gasteiger partial charge in [0.25, 0.3) is 0 Å². The molecular weight excluding hydrogens is 1110 g/mol. The third kappa shape index (κ3) is 16.3. The molecule has 4 amide bonds. The number of ether oxygens (including phenoxy) is 5. The molecule has 5 heterocycles. The van der Waals surface area contributed by atoms with Crippen LogP contribution in [0.3, 0.4) is 0 Å². The monoisotopic (exact) mass is 1190 g/mol. The number of benzene rings is 3. The lowest BCUT2D eigenvalue weighted by Gasteiger charge is -2.35. The first-order valence-corrected chi connectivity index (χ1v) is 29.8. The van der Waals surface area contributed by atoms with Gasteiger partial charge in [-0.25, -0.2) is 4.98 Å². The number of carbonyl (C=O) groups excluding carboxylic acids is 4. The summed E-state index contributed by atoms with van der Waals surface area (Å²) in [6, 6.07) is 19.9. The molecule has 0 unspecified atom stereocenters. The third-order valence-corrected chi connectivity index (χ3v) is 16.7. The lowest BCUT2D eigenvalue weighted by molar-refractivity contribution is -0.144. The predicted octanol–water partition coefficient (Wildman–Crippen LogP) is 7.44. The van der Waals surface area contributed by atoms with Crippen molar-refractivity contribution in [1.82, 2.24) is 35.3 Å². The Morgan fingerprint density at radius 2 is 1.43 bits per heavy atom. The molecule has 5 N–H and O–H groups in total. The standard InChI is InChI=1S/C61H75N9O12S2/c1-36-39(4)84-60-53(36)54(65-48(32-52(74)75)57-68-67-40(5)70(57)60)43-16-18-45(19-17-43)64-50(72)22-11-41-9-20-47(21-10-41)82-30-29-80-26-25-78-23-24-79-27-28-81-34-51(73)66-56(61(6,7)8)59(77)69-33-46(71)31-49(69)58(76)63-37(2)42-12-14-44(15-13-42)55-38(3)62-35-83-55/h9-10,12-21,35,37,46,48-49,56,71H,11,22-34H2,1-8H3,(H,63,76)(H,64,72)(H,66,73)(H,74,75)/t37-,46+,48-,49-,56+/m0/s1. The molecule has 1 saturated heterocycles. The smallest absolute Gasteiger partial charge is 0.306 e. The number of thiophene rings is 1. The molecule has 84 heavy (non-hydrogen) atoms.